The molecule has 0 aliphatic heterocycles. The lowest BCUT2D eigenvalue weighted by atomic mass is 10.2. The molecule has 4 heteroatoms. The summed E-state index contributed by atoms with van der Waals surface area (Å²) in [6.07, 6.45) is 2.92. The summed E-state index contributed by atoms with van der Waals surface area (Å²) < 4.78 is 5.50. The molecule has 0 fully saturated rings. The molecule has 3 nitrogen and oxygen atoms in total. The van der Waals surface area contributed by atoms with E-state index >= 15 is 0 Å². The summed E-state index contributed by atoms with van der Waals surface area (Å²) in [5.74, 6) is -0.363. The fraction of sp³-hybridized carbons (Fsp3) is 0.182. The molecule has 0 unspecified atom stereocenters. The fourth-order valence-electron chi connectivity index (χ4n) is 0.974. The molecule has 1 N–H and O–H groups in total. The topological polar surface area (TPSA) is 38.3 Å². The van der Waals surface area contributed by atoms with Gasteiger partial charge in [-0.15, -0.1) is 0 Å². The third-order valence-electron chi connectivity index (χ3n) is 1.76. The molecule has 0 aliphatic rings. The number of hydrogen-bond acceptors (Lipinski definition) is 3. The van der Waals surface area contributed by atoms with Crippen LogP contribution >= 0.6 is 15.9 Å². The molecule has 0 heterocycles. The van der Waals surface area contributed by atoms with Gasteiger partial charge in [0.2, 0.25) is 0 Å². The van der Waals surface area contributed by atoms with Crippen molar-refractivity contribution in [1.82, 2.24) is 5.32 Å². The van der Waals surface area contributed by atoms with Gasteiger partial charge in [0.15, 0.2) is 0 Å². The molecule has 0 saturated carbocycles. The van der Waals surface area contributed by atoms with Gasteiger partial charge in [0, 0.05) is 23.3 Å². The Balaban J connectivity index is 2.35. The summed E-state index contributed by atoms with van der Waals surface area (Å²) in [4.78, 5) is 10.7. The second-order valence-electron chi connectivity index (χ2n) is 2.86. The second-order valence-corrected chi connectivity index (χ2v) is 3.78. The smallest absolute Gasteiger partial charge is 0.331 e. The Kier molecular flexibility index (Phi) is 4.90. The van der Waals surface area contributed by atoms with Crippen molar-refractivity contribution in [2.24, 2.45) is 0 Å². The largest absolute Gasteiger partial charge is 0.466 e. The minimum Gasteiger partial charge on any atom is -0.466 e. The van der Waals surface area contributed by atoms with Crippen LogP contribution in [0.25, 0.3) is 0 Å². The maximum Gasteiger partial charge on any atom is 0.331 e. The third kappa shape index (κ3) is 4.65. The van der Waals surface area contributed by atoms with E-state index in [4.69, 9.17) is 0 Å². The highest BCUT2D eigenvalue weighted by atomic mass is 79.9. The summed E-state index contributed by atoms with van der Waals surface area (Å²) in [6.45, 7) is 0.681. The van der Waals surface area contributed by atoms with Crippen molar-refractivity contribution in [1.29, 1.82) is 0 Å². The monoisotopic (exact) mass is 269 g/mol. The Labute approximate surface area is 97.3 Å². The fourth-order valence-corrected chi connectivity index (χ4v) is 1.24. The van der Waals surface area contributed by atoms with Crippen LogP contribution in [0.15, 0.2) is 41.0 Å². The summed E-state index contributed by atoms with van der Waals surface area (Å²) >= 11 is 3.36. The number of benzene rings is 1. The zero-order chi connectivity index (χ0) is 11.1. The standard InChI is InChI=1S/C11H12BrNO2/c1-15-11(14)6-7-13-8-9-2-4-10(12)5-3-9/h2-7,13H,8H2,1H3/b7-6+. The van der Waals surface area contributed by atoms with Crippen LogP contribution in [0.3, 0.4) is 0 Å². The zero-order valence-corrected chi connectivity index (χ0v) is 9.95. The number of rotatable bonds is 4. The Morgan fingerprint density at radius 1 is 1.47 bits per heavy atom. The van der Waals surface area contributed by atoms with Crippen LogP contribution in [0.1, 0.15) is 5.56 Å². The van der Waals surface area contributed by atoms with Gasteiger partial charge in [0.05, 0.1) is 7.11 Å². The predicted molar refractivity (Wildman–Crippen MR) is 62.1 cm³/mol. The van der Waals surface area contributed by atoms with Crippen molar-refractivity contribution >= 4 is 21.9 Å². The molecule has 0 spiro atoms. The molecule has 0 aromatic heterocycles. The molecule has 0 atom stereocenters. The molecule has 1 aromatic rings. The van der Waals surface area contributed by atoms with Crippen LogP contribution in [-0.2, 0) is 16.1 Å². The van der Waals surface area contributed by atoms with Gasteiger partial charge in [-0.25, -0.2) is 4.79 Å². The van der Waals surface area contributed by atoms with E-state index in [9.17, 15) is 4.79 Å². The highest BCUT2D eigenvalue weighted by Crippen LogP contribution is 2.09. The number of esters is 1. The Bertz CT molecular complexity index is 346. The van der Waals surface area contributed by atoms with Gasteiger partial charge in [-0.3, -0.25) is 0 Å². The first-order valence-corrected chi connectivity index (χ1v) is 5.24. The number of ether oxygens (including phenoxy) is 1. The first kappa shape index (κ1) is 11.8. The quantitative estimate of drug-likeness (QED) is 0.673. The van der Waals surface area contributed by atoms with Crippen LogP contribution in [0, 0.1) is 0 Å². The first-order valence-electron chi connectivity index (χ1n) is 4.44. The molecule has 1 rings (SSSR count). The lowest BCUT2D eigenvalue weighted by Crippen LogP contribution is -2.06. The highest BCUT2D eigenvalue weighted by Gasteiger charge is 1.91. The Morgan fingerprint density at radius 2 is 2.13 bits per heavy atom. The van der Waals surface area contributed by atoms with E-state index in [1.165, 1.54) is 13.2 Å². The van der Waals surface area contributed by atoms with Gasteiger partial charge >= 0.3 is 5.97 Å². The minimum absolute atomic E-state index is 0.363. The molecule has 0 aliphatic carbocycles. The molecule has 80 valence electrons. The predicted octanol–water partition coefficient (Wildman–Crippen LogP) is 2.23. The third-order valence-corrected chi connectivity index (χ3v) is 2.29. The molecular formula is C11H12BrNO2. The molecule has 0 amide bonds. The van der Waals surface area contributed by atoms with E-state index in [1.54, 1.807) is 6.20 Å². The maximum absolute atomic E-state index is 10.7. The van der Waals surface area contributed by atoms with Crippen molar-refractivity contribution in [2.45, 2.75) is 6.54 Å². The van der Waals surface area contributed by atoms with E-state index in [1.807, 2.05) is 24.3 Å². The first-order chi connectivity index (χ1) is 7.22. The van der Waals surface area contributed by atoms with Gasteiger partial charge < -0.3 is 10.1 Å². The van der Waals surface area contributed by atoms with Gasteiger partial charge in [-0.1, -0.05) is 28.1 Å². The lowest BCUT2D eigenvalue weighted by Gasteiger charge is -2.00. The van der Waals surface area contributed by atoms with Crippen molar-refractivity contribution in [3.05, 3.63) is 46.6 Å². The summed E-state index contributed by atoms with van der Waals surface area (Å²) in [7, 11) is 1.35. The number of hydrogen-bond donors (Lipinski definition) is 1. The molecule has 1 aromatic carbocycles. The van der Waals surface area contributed by atoms with Crippen molar-refractivity contribution < 1.29 is 9.53 Å². The summed E-state index contributed by atoms with van der Waals surface area (Å²) in [6, 6.07) is 7.95. The molecule has 0 bridgehead atoms. The van der Waals surface area contributed by atoms with E-state index in [0.717, 1.165) is 10.0 Å². The van der Waals surface area contributed by atoms with Crippen LogP contribution in [0.5, 0.6) is 0 Å². The number of halogens is 1. The number of carbonyl (C=O) groups excluding carboxylic acids is 1. The van der Waals surface area contributed by atoms with Crippen LogP contribution < -0.4 is 5.32 Å². The number of methoxy groups -OCH3 is 1. The van der Waals surface area contributed by atoms with Gasteiger partial charge in [-0.2, -0.15) is 0 Å². The van der Waals surface area contributed by atoms with Gasteiger partial charge in [0.1, 0.15) is 0 Å². The number of carbonyl (C=O) groups is 1. The van der Waals surface area contributed by atoms with Gasteiger partial charge in [0.25, 0.3) is 0 Å². The van der Waals surface area contributed by atoms with Crippen molar-refractivity contribution in [3.63, 3.8) is 0 Å². The zero-order valence-electron chi connectivity index (χ0n) is 8.37. The minimum atomic E-state index is -0.363. The molecular weight excluding hydrogens is 258 g/mol. The summed E-state index contributed by atoms with van der Waals surface area (Å²) in [5, 5.41) is 2.99. The average molecular weight is 270 g/mol. The van der Waals surface area contributed by atoms with Crippen LogP contribution in [0.4, 0.5) is 0 Å². The second kappa shape index (κ2) is 6.24. The van der Waals surface area contributed by atoms with Crippen LogP contribution in [-0.4, -0.2) is 13.1 Å². The van der Waals surface area contributed by atoms with Crippen molar-refractivity contribution in [3.8, 4) is 0 Å². The maximum atomic E-state index is 10.7. The van der Waals surface area contributed by atoms with E-state index in [-0.39, 0.29) is 5.97 Å². The number of nitrogens with one attached hydrogen (secondary N) is 1. The molecule has 0 saturated heterocycles. The van der Waals surface area contributed by atoms with E-state index in [2.05, 4.69) is 26.0 Å². The average Bonchev–Trinajstić information content (AvgIpc) is 2.26. The van der Waals surface area contributed by atoms with E-state index in [0.29, 0.717) is 6.54 Å². The normalized spacial score (nSPS) is 10.3. The van der Waals surface area contributed by atoms with Crippen molar-refractivity contribution in [2.75, 3.05) is 7.11 Å². The SMILES string of the molecule is COC(=O)/C=C/NCc1ccc(Br)cc1. The van der Waals surface area contributed by atoms with Gasteiger partial charge in [-0.05, 0) is 17.7 Å². The highest BCUT2D eigenvalue weighted by molar-refractivity contribution is 9.10. The Hall–Kier alpha value is -1.29. The van der Waals surface area contributed by atoms with Crippen LogP contribution in [0.2, 0.25) is 0 Å². The Morgan fingerprint density at radius 3 is 2.73 bits per heavy atom. The molecule has 15 heavy (non-hydrogen) atoms. The lowest BCUT2D eigenvalue weighted by molar-refractivity contribution is -0.134. The molecule has 0 radical (unpaired) electrons. The summed E-state index contributed by atoms with van der Waals surface area (Å²) in [5.41, 5.74) is 1.15. The van der Waals surface area contributed by atoms with E-state index < -0.39 is 0 Å².